The van der Waals surface area contributed by atoms with Gasteiger partial charge in [0.05, 0.1) is 29.1 Å². The summed E-state index contributed by atoms with van der Waals surface area (Å²) in [6.07, 6.45) is -0.575. The number of aliphatic hydroxyl groups is 1. The van der Waals surface area contributed by atoms with Gasteiger partial charge in [-0.25, -0.2) is 0 Å². The number of rotatable bonds is 6. The van der Waals surface area contributed by atoms with Crippen LogP contribution in [-0.4, -0.2) is 21.7 Å². The zero-order valence-corrected chi connectivity index (χ0v) is 16.0. The molecule has 0 fully saturated rings. The number of carbonyl (C=O) groups excluding carboxylic acids is 2. The molecule has 1 unspecified atom stereocenters. The predicted octanol–water partition coefficient (Wildman–Crippen LogP) is 3.66. The number of amides is 1. The Labute approximate surface area is 170 Å². The largest absolute Gasteiger partial charge is 0.375 e. The lowest BCUT2D eigenvalue weighted by atomic mass is 9.88. The van der Waals surface area contributed by atoms with Crippen LogP contribution in [0.15, 0.2) is 66.0 Å². The van der Waals surface area contributed by atoms with Crippen molar-refractivity contribution < 1.29 is 19.6 Å². The van der Waals surface area contributed by atoms with E-state index in [1.165, 1.54) is 40.5 Å². The fourth-order valence-electron chi connectivity index (χ4n) is 3.59. The molecule has 1 atom stereocenters. The Morgan fingerprint density at radius 1 is 1.10 bits per heavy atom. The van der Waals surface area contributed by atoms with Crippen LogP contribution in [0.1, 0.15) is 27.2 Å². The molecule has 2 aromatic carbocycles. The van der Waals surface area contributed by atoms with Crippen molar-refractivity contribution in [2.75, 3.05) is 4.90 Å². The number of ketones is 1. The number of hydrogen-bond acceptors (Lipinski definition) is 6. The molecule has 8 heteroatoms. The normalized spacial score (nSPS) is 18.0. The van der Waals surface area contributed by atoms with E-state index >= 15 is 0 Å². The standard InChI is InChI=1S/C21H16N2O5S/c24-19(15-7-1-3-9-17(15)23(27)28)12-21(26)16-8-2-4-10-18(16)22(20(21)25)13-14-6-5-11-29-14/h1-11,26H,12-13H2. The van der Waals surface area contributed by atoms with Crippen LogP contribution in [-0.2, 0) is 16.9 Å². The van der Waals surface area contributed by atoms with E-state index in [9.17, 15) is 24.8 Å². The fourth-order valence-corrected chi connectivity index (χ4v) is 4.28. The Morgan fingerprint density at radius 3 is 2.55 bits per heavy atom. The van der Waals surface area contributed by atoms with Gasteiger partial charge in [-0.05, 0) is 23.6 Å². The lowest BCUT2D eigenvalue weighted by Gasteiger charge is -2.22. The number of thiophene rings is 1. The van der Waals surface area contributed by atoms with Crippen molar-refractivity contribution in [2.45, 2.75) is 18.6 Å². The number of hydrogen-bond donors (Lipinski definition) is 1. The molecule has 1 aliphatic rings. The van der Waals surface area contributed by atoms with Crippen molar-refractivity contribution in [3.63, 3.8) is 0 Å². The highest BCUT2D eigenvalue weighted by Crippen LogP contribution is 2.44. The van der Waals surface area contributed by atoms with Crippen LogP contribution in [0.5, 0.6) is 0 Å². The van der Waals surface area contributed by atoms with Gasteiger partial charge < -0.3 is 10.0 Å². The van der Waals surface area contributed by atoms with E-state index in [4.69, 9.17) is 0 Å². The van der Waals surface area contributed by atoms with Crippen LogP contribution in [0.3, 0.4) is 0 Å². The summed E-state index contributed by atoms with van der Waals surface area (Å²) in [5.74, 6) is -1.28. The van der Waals surface area contributed by atoms with Gasteiger partial charge in [-0.3, -0.25) is 19.7 Å². The van der Waals surface area contributed by atoms with Gasteiger partial charge in [0.2, 0.25) is 0 Å². The molecule has 0 saturated carbocycles. The molecule has 3 aromatic rings. The Bertz CT molecular complexity index is 1110. The monoisotopic (exact) mass is 408 g/mol. The van der Waals surface area contributed by atoms with Crippen LogP contribution in [0.4, 0.5) is 11.4 Å². The lowest BCUT2D eigenvalue weighted by Crippen LogP contribution is -2.41. The van der Waals surface area contributed by atoms with Crippen molar-refractivity contribution >= 4 is 34.4 Å². The molecular weight excluding hydrogens is 392 g/mol. The Kier molecular flexibility index (Phi) is 4.73. The average molecular weight is 408 g/mol. The number of para-hydroxylation sites is 2. The van der Waals surface area contributed by atoms with Gasteiger partial charge in [-0.1, -0.05) is 36.4 Å². The minimum absolute atomic E-state index is 0.132. The fraction of sp³-hybridized carbons (Fsp3) is 0.143. The third kappa shape index (κ3) is 3.22. The molecule has 1 amide bonds. The van der Waals surface area contributed by atoms with E-state index in [0.717, 1.165) is 4.88 Å². The number of benzene rings is 2. The third-order valence-electron chi connectivity index (χ3n) is 4.95. The summed E-state index contributed by atoms with van der Waals surface area (Å²) in [7, 11) is 0. The average Bonchev–Trinajstić information content (AvgIpc) is 3.30. The molecule has 7 nitrogen and oxygen atoms in total. The summed E-state index contributed by atoms with van der Waals surface area (Å²) in [5, 5.41) is 24.4. The first-order valence-corrected chi connectivity index (χ1v) is 9.72. The Balaban J connectivity index is 1.71. The molecule has 0 saturated heterocycles. The molecular formula is C21H16N2O5S. The number of nitrogens with zero attached hydrogens (tertiary/aromatic N) is 2. The molecule has 29 heavy (non-hydrogen) atoms. The Hall–Kier alpha value is -3.36. The molecule has 0 spiro atoms. The zero-order chi connectivity index (χ0) is 20.6. The lowest BCUT2D eigenvalue weighted by molar-refractivity contribution is -0.385. The summed E-state index contributed by atoms with van der Waals surface area (Å²) < 4.78 is 0. The quantitative estimate of drug-likeness (QED) is 0.381. The first-order valence-electron chi connectivity index (χ1n) is 8.84. The van der Waals surface area contributed by atoms with Crippen molar-refractivity contribution in [1.29, 1.82) is 0 Å². The molecule has 0 bridgehead atoms. The van der Waals surface area contributed by atoms with Crippen LogP contribution in [0.25, 0.3) is 0 Å². The maximum absolute atomic E-state index is 13.2. The number of anilines is 1. The zero-order valence-electron chi connectivity index (χ0n) is 15.1. The van der Waals surface area contributed by atoms with Crippen LogP contribution in [0, 0.1) is 10.1 Å². The summed E-state index contributed by atoms with van der Waals surface area (Å²) in [4.78, 5) is 39.1. The topological polar surface area (TPSA) is 101 Å². The first kappa shape index (κ1) is 19.0. The van der Waals surface area contributed by atoms with Gasteiger partial charge in [-0.15, -0.1) is 11.3 Å². The number of carbonyl (C=O) groups is 2. The summed E-state index contributed by atoms with van der Waals surface area (Å²) >= 11 is 1.49. The predicted molar refractivity (Wildman–Crippen MR) is 108 cm³/mol. The molecule has 1 aromatic heterocycles. The Morgan fingerprint density at radius 2 is 1.83 bits per heavy atom. The summed E-state index contributed by atoms with van der Waals surface area (Å²) in [6.45, 7) is 0.273. The number of nitro groups is 1. The van der Waals surface area contributed by atoms with E-state index in [-0.39, 0.29) is 17.8 Å². The molecule has 2 heterocycles. The number of fused-ring (bicyclic) bond motifs is 1. The molecule has 0 aliphatic carbocycles. The van der Waals surface area contributed by atoms with Gasteiger partial charge in [0.1, 0.15) is 0 Å². The second kappa shape index (κ2) is 7.23. The van der Waals surface area contributed by atoms with E-state index < -0.39 is 28.6 Å². The highest BCUT2D eigenvalue weighted by Gasteiger charge is 2.51. The van der Waals surface area contributed by atoms with E-state index in [2.05, 4.69) is 0 Å². The molecule has 146 valence electrons. The van der Waals surface area contributed by atoms with Gasteiger partial charge in [0.25, 0.3) is 11.6 Å². The number of Topliss-reactive ketones (excluding diaryl/α,β-unsaturated/α-hetero) is 1. The van der Waals surface area contributed by atoms with Gasteiger partial charge in [0, 0.05) is 16.5 Å². The highest BCUT2D eigenvalue weighted by atomic mass is 32.1. The number of nitro benzene ring substituents is 1. The minimum Gasteiger partial charge on any atom is -0.375 e. The van der Waals surface area contributed by atoms with Gasteiger partial charge in [-0.2, -0.15) is 0 Å². The minimum atomic E-state index is -2.07. The van der Waals surface area contributed by atoms with Crippen molar-refractivity contribution in [3.05, 3.63) is 92.2 Å². The van der Waals surface area contributed by atoms with Crippen LogP contribution >= 0.6 is 11.3 Å². The highest BCUT2D eigenvalue weighted by molar-refractivity contribution is 7.09. The molecule has 1 aliphatic heterocycles. The maximum Gasteiger partial charge on any atom is 0.280 e. The second-order valence-corrected chi connectivity index (χ2v) is 7.75. The van der Waals surface area contributed by atoms with E-state index in [0.29, 0.717) is 11.3 Å². The SMILES string of the molecule is O=C(CC1(O)C(=O)N(Cc2cccs2)c2ccccc21)c1ccccc1[N+](=O)[O-]. The molecule has 1 N–H and O–H groups in total. The van der Waals surface area contributed by atoms with Crippen LogP contribution in [0.2, 0.25) is 0 Å². The smallest absolute Gasteiger partial charge is 0.280 e. The van der Waals surface area contributed by atoms with Crippen molar-refractivity contribution in [1.82, 2.24) is 0 Å². The molecule has 4 rings (SSSR count). The van der Waals surface area contributed by atoms with Gasteiger partial charge >= 0.3 is 0 Å². The van der Waals surface area contributed by atoms with E-state index in [1.54, 1.807) is 24.3 Å². The second-order valence-electron chi connectivity index (χ2n) is 6.72. The van der Waals surface area contributed by atoms with Gasteiger partial charge in [0.15, 0.2) is 11.4 Å². The van der Waals surface area contributed by atoms with Crippen molar-refractivity contribution in [3.8, 4) is 0 Å². The summed E-state index contributed by atoms with van der Waals surface area (Å²) in [5.41, 5.74) is -1.70. The molecule has 0 radical (unpaired) electrons. The van der Waals surface area contributed by atoms with Crippen molar-refractivity contribution in [2.24, 2.45) is 0 Å². The van der Waals surface area contributed by atoms with Crippen LogP contribution < -0.4 is 4.90 Å². The maximum atomic E-state index is 13.2. The summed E-state index contributed by atoms with van der Waals surface area (Å²) in [6, 6.07) is 16.0. The third-order valence-corrected chi connectivity index (χ3v) is 5.81. The van der Waals surface area contributed by atoms with E-state index in [1.807, 2.05) is 17.5 Å². The first-order chi connectivity index (χ1) is 13.9.